The lowest BCUT2D eigenvalue weighted by Crippen LogP contribution is -2.19. The molecule has 1 saturated heterocycles. The number of carboxylic acids is 1. The minimum absolute atomic E-state index is 0.242. The molecule has 0 aliphatic carbocycles. The number of carbonyl (C=O) groups is 1. The topological polar surface area (TPSA) is 77.2 Å². The van der Waals surface area contributed by atoms with Crippen LogP contribution in [-0.2, 0) is 16.1 Å². The van der Waals surface area contributed by atoms with Gasteiger partial charge in [0.2, 0.25) is 0 Å². The highest BCUT2D eigenvalue weighted by Crippen LogP contribution is 2.33. The van der Waals surface area contributed by atoms with Crippen LogP contribution in [0.15, 0.2) is 18.5 Å². The van der Waals surface area contributed by atoms with Crippen molar-refractivity contribution in [2.75, 3.05) is 0 Å². The number of aromatic nitrogens is 3. The van der Waals surface area contributed by atoms with E-state index in [0.717, 1.165) is 23.4 Å². The zero-order valence-corrected chi connectivity index (χ0v) is 10.6. The molecule has 3 heterocycles. The minimum Gasteiger partial charge on any atom is -0.479 e. The van der Waals surface area contributed by atoms with Gasteiger partial charge in [-0.25, -0.2) is 9.78 Å². The highest BCUT2D eigenvalue weighted by Gasteiger charge is 2.34. The Morgan fingerprint density at radius 3 is 3.11 bits per heavy atom. The van der Waals surface area contributed by atoms with E-state index in [4.69, 9.17) is 9.84 Å². The first-order valence-electron chi connectivity index (χ1n) is 6.39. The summed E-state index contributed by atoms with van der Waals surface area (Å²) in [6.45, 7) is 2.81. The van der Waals surface area contributed by atoms with Gasteiger partial charge in [0.1, 0.15) is 17.4 Å². The van der Waals surface area contributed by atoms with Crippen molar-refractivity contribution in [2.45, 2.75) is 38.5 Å². The van der Waals surface area contributed by atoms with Crippen LogP contribution in [0.4, 0.5) is 0 Å². The summed E-state index contributed by atoms with van der Waals surface area (Å²) in [5.74, 6) is -0.0995. The zero-order valence-electron chi connectivity index (χ0n) is 10.6. The lowest BCUT2D eigenvalue weighted by molar-refractivity contribution is -0.149. The average molecular weight is 261 g/mol. The van der Waals surface area contributed by atoms with E-state index < -0.39 is 12.1 Å². The van der Waals surface area contributed by atoms with E-state index in [-0.39, 0.29) is 6.10 Å². The number of ether oxygens (including phenoxy) is 1. The predicted molar refractivity (Wildman–Crippen MR) is 67.7 cm³/mol. The van der Waals surface area contributed by atoms with Crippen LogP contribution in [0.2, 0.25) is 0 Å². The van der Waals surface area contributed by atoms with Gasteiger partial charge in [0.05, 0.1) is 11.7 Å². The molecule has 2 aromatic heterocycles. The second-order valence-electron chi connectivity index (χ2n) is 4.61. The van der Waals surface area contributed by atoms with Gasteiger partial charge in [-0.05, 0) is 25.8 Å². The van der Waals surface area contributed by atoms with Crippen LogP contribution in [0, 0.1) is 0 Å². The smallest absolute Gasteiger partial charge is 0.332 e. The number of imidazole rings is 1. The monoisotopic (exact) mass is 261 g/mol. The molecule has 6 heteroatoms. The number of hydrogen-bond acceptors (Lipinski definition) is 4. The fraction of sp³-hybridized carbons (Fsp3) is 0.462. The van der Waals surface area contributed by atoms with E-state index in [1.54, 1.807) is 12.4 Å². The maximum Gasteiger partial charge on any atom is 0.332 e. The molecule has 0 amide bonds. The van der Waals surface area contributed by atoms with Crippen molar-refractivity contribution in [3.05, 3.63) is 24.3 Å². The number of pyridine rings is 1. The van der Waals surface area contributed by atoms with Crippen LogP contribution < -0.4 is 0 Å². The number of carboxylic acid groups (broad SMARTS) is 1. The maximum atomic E-state index is 10.9. The molecule has 0 radical (unpaired) electrons. The van der Waals surface area contributed by atoms with Crippen LogP contribution >= 0.6 is 0 Å². The van der Waals surface area contributed by atoms with Gasteiger partial charge in [-0.1, -0.05) is 0 Å². The Labute approximate surface area is 110 Å². The first-order valence-corrected chi connectivity index (χ1v) is 6.39. The summed E-state index contributed by atoms with van der Waals surface area (Å²) < 4.78 is 7.64. The van der Waals surface area contributed by atoms with E-state index in [1.807, 2.05) is 13.0 Å². The highest BCUT2D eigenvalue weighted by atomic mass is 16.5. The van der Waals surface area contributed by atoms with Crippen LogP contribution in [-0.4, -0.2) is 31.7 Å². The van der Waals surface area contributed by atoms with E-state index >= 15 is 0 Å². The van der Waals surface area contributed by atoms with Crippen molar-refractivity contribution >= 4 is 17.0 Å². The van der Waals surface area contributed by atoms with Crippen molar-refractivity contribution in [3.63, 3.8) is 0 Å². The van der Waals surface area contributed by atoms with Gasteiger partial charge >= 0.3 is 5.97 Å². The molecule has 0 saturated carbocycles. The van der Waals surface area contributed by atoms with Crippen molar-refractivity contribution in [2.24, 2.45) is 0 Å². The number of hydrogen-bond donors (Lipinski definition) is 1. The fourth-order valence-corrected chi connectivity index (χ4v) is 2.59. The molecule has 1 aliphatic heterocycles. The molecule has 2 atom stereocenters. The first-order chi connectivity index (χ1) is 9.20. The zero-order chi connectivity index (χ0) is 13.4. The quantitative estimate of drug-likeness (QED) is 0.910. The SMILES string of the molecule is CCn1c(C2CCC(C(=O)O)O2)nc2cnccc21. The third-order valence-corrected chi connectivity index (χ3v) is 3.48. The van der Waals surface area contributed by atoms with E-state index in [0.29, 0.717) is 12.8 Å². The largest absolute Gasteiger partial charge is 0.479 e. The van der Waals surface area contributed by atoms with E-state index in [1.165, 1.54) is 0 Å². The standard InChI is InChI=1S/C13H15N3O3/c1-2-16-9-5-6-14-7-8(9)15-12(16)10-3-4-11(19-10)13(17)18/h5-7,10-11H,2-4H2,1H3,(H,17,18). The summed E-state index contributed by atoms with van der Waals surface area (Å²) >= 11 is 0. The molecule has 2 aromatic rings. The number of aryl methyl sites for hydroxylation is 1. The van der Waals surface area contributed by atoms with Crippen LogP contribution in [0.3, 0.4) is 0 Å². The number of aliphatic carboxylic acids is 1. The summed E-state index contributed by atoms with van der Waals surface area (Å²) in [6, 6.07) is 1.92. The van der Waals surface area contributed by atoms with Crippen molar-refractivity contribution in [1.29, 1.82) is 0 Å². The maximum absolute atomic E-state index is 10.9. The molecule has 100 valence electrons. The van der Waals surface area contributed by atoms with Gasteiger partial charge in [0, 0.05) is 12.7 Å². The summed E-state index contributed by atoms with van der Waals surface area (Å²) in [6.07, 6.45) is 3.71. The first kappa shape index (κ1) is 12.1. The molecule has 0 bridgehead atoms. The molecular weight excluding hydrogens is 246 g/mol. The summed E-state index contributed by atoms with van der Waals surface area (Å²) in [7, 11) is 0. The van der Waals surface area contributed by atoms with Crippen LogP contribution in [0.1, 0.15) is 31.7 Å². The van der Waals surface area contributed by atoms with Crippen LogP contribution in [0.5, 0.6) is 0 Å². The molecule has 3 rings (SSSR count). The minimum atomic E-state index is -0.900. The summed E-state index contributed by atoms with van der Waals surface area (Å²) in [5.41, 5.74) is 1.83. The Bertz CT molecular complexity index is 623. The number of fused-ring (bicyclic) bond motifs is 1. The van der Waals surface area contributed by atoms with Gasteiger partial charge < -0.3 is 14.4 Å². The van der Waals surface area contributed by atoms with Gasteiger partial charge in [0.15, 0.2) is 6.10 Å². The molecule has 1 aliphatic rings. The fourth-order valence-electron chi connectivity index (χ4n) is 2.59. The lowest BCUT2D eigenvalue weighted by atomic mass is 10.2. The summed E-state index contributed by atoms with van der Waals surface area (Å²) in [4.78, 5) is 19.5. The van der Waals surface area contributed by atoms with Gasteiger partial charge in [-0.2, -0.15) is 0 Å². The normalized spacial score (nSPS) is 23.0. The second kappa shape index (κ2) is 4.62. The van der Waals surface area contributed by atoms with Crippen LogP contribution in [0.25, 0.3) is 11.0 Å². The molecule has 19 heavy (non-hydrogen) atoms. The Morgan fingerprint density at radius 2 is 2.42 bits per heavy atom. The Kier molecular flexibility index (Phi) is 2.94. The number of nitrogens with zero attached hydrogens (tertiary/aromatic N) is 3. The molecular formula is C13H15N3O3. The third kappa shape index (κ3) is 1.98. The molecule has 0 spiro atoms. The van der Waals surface area contributed by atoms with Crippen molar-refractivity contribution in [1.82, 2.24) is 14.5 Å². The second-order valence-corrected chi connectivity index (χ2v) is 4.61. The van der Waals surface area contributed by atoms with Crippen molar-refractivity contribution < 1.29 is 14.6 Å². The van der Waals surface area contributed by atoms with E-state index in [2.05, 4.69) is 14.5 Å². The Balaban J connectivity index is 1.99. The van der Waals surface area contributed by atoms with Gasteiger partial charge in [-0.3, -0.25) is 4.98 Å². The molecule has 6 nitrogen and oxygen atoms in total. The van der Waals surface area contributed by atoms with E-state index in [9.17, 15) is 4.79 Å². The highest BCUT2D eigenvalue weighted by molar-refractivity contribution is 5.75. The third-order valence-electron chi connectivity index (χ3n) is 3.48. The number of rotatable bonds is 3. The molecule has 0 aromatic carbocycles. The lowest BCUT2D eigenvalue weighted by Gasteiger charge is -2.12. The molecule has 1 N–H and O–H groups in total. The molecule has 2 unspecified atom stereocenters. The van der Waals surface area contributed by atoms with Gasteiger partial charge in [-0.15, -0.1) is 0 Å². The average Bonchev–Trinajstić information content (AvgIpc) is 3.02. The Morgan fingerprint density at radius 1 is 1.58 bits per heavy atom. The summed E-state index contributed by atoms with van der Waals surface area (Å²) in [5, 5.41) is 8.98. The molecule has 1 fully saturated rings. The van der Waals surface area contributed by atoms with Crippen molar-refractivity contribution in [3.8, 4) is 0 Å². The Hall–Kier alpha value is -1.95. The predicted octanol–water partition coefficient (Wildman–Crippen LogP) is 1.76. The van der Waals surface area contributed by atoms with Gasteiger partial charge in [0.25, 0.3) is 0 Å².